The van der Waals surface area contributed by atoms with Crippen LogP contribution >= 0.6 is 0 Å². The number of imidazole rings is 1. The minimum atomic E-state index is -0.233. The van der Waals surface area contributed by atoms with Gasteiger partial charge in [0.25, 0.3) is 0 Å². The number of carbonyl (C=O) groups excluding carboxylic acids is 1. The van der Waals surface area contributed by atoms with Crippen molar-refractivity contribution < 1.29 is 4.79 Å². The summed E-state index contributed by atoms with van der Waals surface area (Å²) in [6.45, 7) is 6.20. The van der Waals surface area contributed by atoms with Crippen molar-refractivity contribution >= 4 is 16.9 Å². The van der Waals surface area contributed by atoms with E-state index in [0.717, 1.165) is 17.5 Å². The predicted octanol–water partition coefficient (Wildman–Crippen LogP) is 2.41. The molecule has 110 valence electrons. The average Bonchev–Trinajstić information content (AvgIpc) is 2.77. The van der Waals surface area contributed by atoms with E-state index in [1.54, 1.807) is 0 Å². The summed E-state index contributed by atoms with van der Waals surface area (Å²) >= 11 is 0. The number of aromatic nitrogens is 2. The van der Waals surface area contributed by atoms with E-state index in [2.05, 4.69) is 16.4 Å². The number of nitriles is 1. The molecule has 1 heterocycles. The van der Waals surface area contributed by atoms with E-state index in [1.807, 2.05) is 49.6 Å². The molecule has 0 aliphatic carbocycles. The van der Waals surface area contributed by atoms with Gasteiger partial charge in [0.1, 0.15) is 12.4 Å². The van der Waals surface area contributed by atoms with Crippen molar-refractivity contribution in [2.24, 2.45) is 0 Å². The summed E-state index contributed by atoms with van der Waals surface area (Å²) in [5, 5.41) is 11.9. The average molecular weight is 284 g/mol. The third-order valence-corrected chi connectivity index (χ3v) is 3.63. The molecule has 2 aromatic rings. The largest absolute Gasteiger partial charge is 0.350 e. The lowest BCUT2D eigenvalue weighted by atomic mass is 10.0. The molecular formula is C16H20N4O. The second-order valence-electron chi connectivity index (χ2n) is 5.72. The highest BCUT2D eigenvalue weighted by Gasteiger charge is 2.19. The first kappa shape index (κ1) is 15.0. The van der Waals surface area contributed by atoms with Crippen molar-refractivity contribution in [3.05, 3.63) is 30.1 Å². The first-order valence-electron chi connectivity index (χ1n) is 7.09. The van der Waals surface area contributed by atoms with Gasteiger partial charge in [-0.05, 0) is 32.4 Å². The van der Waals surface area contributed by atoms with Crippen LogP contribution in [0.4, 0.5) is 0 Å². The van der Waals surface area contributed by atoms with Gasteiger partial charge in [0, 0.05) is 5.54 Å². The molecule has 1 N–H and O–H groups in total. The SMILES string of the molecule is CCC(C)(C)NC(=O)Cn1c(CC#N)nc2ccccc21. The molecule has 5 heteroatoms. The van der Waals surface area contributed by atoms with Gasteiger partial charge < -0.3 is 9.88 Å². The molecule has 0 bridgehead atoms. The molecular weight excluding hydrogens is 264 g/mol. The molecule has 0 aliphatic heterocycles. The molecule has 2 rings (SSSR count). The Hall–Kier alpha value is -2.35. The lowest BCUT2D eigenvalue weighted by Crippen LogP contribution is -2.44. The normalized spacial score (nSPS) is 11.3. The number of para-hydroxylation sites is 2. The highest BCUT2D eigenvalue weighted by Crippen LogP contribution is 2.16. The van der Waals surface area contributed by atoms with Crippen LogP contribution in [0.1, 0.15) is 33.0 Å². The first-order valence-corrected chi connectivity index (χ1v) is 7.09. The van der Waals surface area contributed by atoms with Crippen molar-refractivity contribution in [2.45, 2.75) is 45.7 Å². The van der Waals surface area contributed by atoms with E-state index in [1.165, 1.54) is 0 Å². The zero-order chi connectivity index (χ0) is 15.5. The molecule has 0 aliphatic rings. The Kier molecular flexibility index (Phi) is 4.27. The summed E-state index contributed by atoms with van der Waals surface area (Å²) in [6, 6.07) is 9.72. The van der Waals surface area contributed by atoms with E-state index in [4.69, 9.17) is 5.26 Å². The lowest BCUT2D eigenvalue weighted by molar-refractivity contribution is -0.123. The van der Waals surface area contributed by atoms with E-state index < -0.39 is 0 Å². The van der Waals surface area contributed by atoms with Crippen LogP contribution in [0.25, 0.3) is 11.0 Å². The van der Waals surface area contributed by atoms with E-state index in [9.17, 15) is 4.79 Å². The molecule has 0 radical (unpaired) electrons. The number of benzene rings is 1. The molecule has 5 nitrogen and oxygen atoms in total. The number of rotatable bonds is 5. The standard InChI is InChI=1S/C16H20N4O/c1-4-16(2,3)19-15(21)11-20-13-8-6-5-7-12(13)18-14(20)9-10-17/h5-8H,4,9,11H2,1-3H3,(H,19,21). The predicted molar refractivity (Wildman–Crippen MR) is 81.6 cm³/mol. The molecule has 0 fully saturated rings. The summed E-state index contributed by atoms with van der Waals surface area (Å²) in [5.74, 6) is 0.562. The Labute approximate surface area is 124 Å². The highest BCUT2D eigenvalue weighted by atomic mass is 16.2. The minimum absolute atomic E-state index is 0.0656. The van der Waals surface area contributed by atoms with Crippen molar-refractivity contribution in [2.75, 3.05) is 0 Å². The molecule has 1 amide bonds. The Morgan fingerprint density at radius 1 is 1.43 bits per heavy atom. The van der Waals surface area contributed by atoms with E-state index in [-0.39, 0.29) is 24.4 Å². The van der Waals surface area contributed by atoms with Crippen molar-refractivity contribution in [1.82, 2.24) is 14.9 Å². The molecule has 0 spiro atoms. The number of hydrogen-bond acceptors (Lipinski definition) is 3. The smallest absolute Gasteiger partial charge is 0.240 e. The quantitative estimate of drug-likeness (QED) is 0.916. The zero-order valence-corrected chi connectivity index (χ0v) is 12.7. The Morgan fingerprint density at radius 2 is 2.14 bits per heavy atom. The van der Waals surface area contributed by atoms with Crippen LogP contribution in [0.15, 0.2) is 24.3 Å². The van der Waals surface area contributed by atoms with Gasteiger partial charge in [-0.2, -0.15) is 5.26 Å². The Balaban J connectivity index is 2.30. The molecule has 1 aromatic heterocycles. The topological polar surface area (TPSA) is 70.7 Å². The summed E-state index contributed by atoms with van der Waals surface area (Å²) in [6.07, 6.45) is 1.05. The van der Waals surface area contributed by atoms with Crippen LogP contribution in [-0.2, 0) is 17.8 Å². The maximum Gasteiger partial charge on any atom is 0.240 e. The second-order valence-corrected chi connectivity index (χ2v) is 5.72. The molecule has 0 unspecified atom stereocenters. The van der Waals surface area contributed by atoms with Crippen LogP contribution < -0.4 is 5.32 Å². The summed E-state index contributed by atoms with van der Waals surface area (Å²) in [5.41, 5.74) is 1.46. The Morgan fingerprint density at radius 3 is 2.81 bits per heavy atom. The fraction of sp³-hybridized carbons (Fsp3) is 0.438. The van der Waals surface area contributed by atoms with E-state index in [0.29, 0.717) is 5.82 Å². The fourth-order valence-electron chi connectivity index (χ4n) is 2.16. The maximum atomic E-state index is 12.2. The zero-order valence-electron chi connectivity index (χ0n) is 12.7. The van der Waals surface area contributed by atoms with Crippen molar-refractivity contribution in [3.8, 4) is 6.07 Å². The van der Waals surface area contributed by atoms with Gasteiger partial charge in [0.15, 0.2) is 0 Å². The number of hydrogen-bond donors (Lipinski definition) is 1. The van der Waals surface area contributed by atoms with Gasteiger partial charge in [-0.25, -0.2) is 4.98 Å². The first-order chi connectivity index (χ1) is 9.96. The lowest BCUT2D eigenvalue weighted by Gasteiger charge is -2.24. The fourth-order valence-corrected chi connectivity index (χ4v) is 2.16. The monoisotopic (exact) mass is 284 g/mol. The van der Waals surface area contributed by atoms with Gasteiger partial charge in [0.2, 0.25) is 5.91 Å². The number of nitrogens with one attached hydrogen (secondary N) is 1. The van der Waals surface area contributed by atoms with Crippen LogP contribution in [-0.4, -0.2) is 21.0 Å². The molecule has 1 aromatic carbocycles. The van der Waals surface area contributed by atoms with Crippen molar-refractivity contribution in [1.29, 1.82) is 5.26 Å². The summed E-state index contributed by atoms with van der Waals surface area (Å²) < 4.78 is 1.82. The number of nitrogens with zero attached hydrogens (tertiary/aromatic N) is 3. The molecule has 0 saturated heterocycles. The minimum Gasteiger partial charge on any atom is -0.350 e. The summed E-state index contributed by atoms with van der Waals surface area (Å²) in [4.78, 5) is 16.7. The van der Waals surface area contributed by atoms with Gasteiger partial charge >= 0.3 is 0 Å². The van der Waals surface area contributed by atoms with Crippen molar-refractivity contribution in [3.63, 3.8) is 0 Å². The number of amides is 1. The molecule has 0 atom stereocenters. The van der Waals surface area contributed by atoms with E-state index >= 15 is 0 Å². The highest BCUT2D eigenvalue weighted by molar-refractivity contribution is 5.81. The Bertz CT molecular complexity index is 694. The van der Waals surface area contributed by atoms with Gasteiger partial charge in [-0.1, -0.05) is 19.1 Å². The number of carbonyl (C=O) groups is 1. The van der Waals surface area contributed by atoms with Crippen LogP contribution in [0, 0.1) is 11.3 Å². The van der Waals surface area contributed by atoms with Gasteiger partial charge in [-0.15, -0.1) is 0 Å². The third kappa shape index (κ3) is 3.40. The number of fused-ring (bicyclic) bond motifs is 1. The second kappa shape index (κ2) is 5.96. The third-order valence-electron chi connectivity index (χ3n) is 3.63. The summed E-state index contributed by atoms with van der Waals surface area (Å²) in [7, 11) is 0. The van der Waals surface area contributed by atoms with Gasteiger partial charge in [0.05, 0.1) is 23.5 Å². The van der Waals surface area contributed by atoms with Crippen LogP contribution in [0.2, 0.25) is 0 Å². The maximum absolute atomic E-state index is 12.2. The van der Waals surface area contributed by atoms with Crippen LogP contribution in [0.5, 0.6) is 0 Å². The molecule has 21 heavy (non-hydrogen) atoms. The van der Waals surface area contributed by atoms with Crippen LogP contribution in [0.3, 0.4) is 0 Å². The van der Waals surface area contributed by atoms with Gasteiger partial charge in [-0.3, -0.25) is 4.79 Å². The molecule has 0 saturated carbocycles.